The summed E-state index contributed by atoms with van der Waals surface area (Å²) in [7, 11) is 0. The Morgan fingerprint density at radius 1 is 1.03 bits per heavy atom. The van der Waals surface area contributed by atoms with Crippen LogP contribution in [-0.4, -0.2) is 42.5 Å². The van der Waals surface area contributed by atoms with E-state index in [9.17, 15) is 9.59 Å². The smallest absolute Gasteiger partial charge is 0.258 e. The molecule has 2 aromatic rings. The topological polar surface area (TPSA) is 58.6 Å². The summed E-state index contributed by atoms with van der Waals surface area (Å²) in [5, 5.41) is 3.02. The van der Waals surface area contributed by atoms with Gasteiger partial charge in [-0.3, -0.25) is 9.59 Å². The van der Waals surface area contributed by atoms with Gasteiger partial charge in [0, 0.05) is 24.7 Å². The predicted octanol–water partition coefficient (Wildman–Crippen LogP) is 3.92. The van der Waals surface area contributed by atoms with E-state index in [0.717, 1.165) is 24.0 Å². The summed E-state index contributed by atoms with van der Waals surface area (Å²) in [6.07, 6.45) is 1.51. The van der Waals surface area contributed by atoms with Crippen LogP contribution >= 0.6 is 0 Å². The second-order valence-corrected chi connectivity index (χ2v) is 8.01. The molecule has 2 aromatic carbocycles. The number of ether oxygens (including phenoxy) is 1. The van der Waals surface area contributed by atoms with E-state index in [0.29, 0.717) is 24.8 Å². The molecule has 5 heteroatoms. The van der Waals surface area contributed by atoms with Crippen LogP contribution in [0.3, 0.4) is 0 Å². The van der Waals surface area contributed by atoms with E-state index < -0.39 is 0 Å². The molecule has 1 aliphatic rings. The zero-order valence-corrected chi connectivity index (χ0v) is 17.5. The van der Waals surface area contributed by atoms with Gasteiger partial charge in [-0.1, -0.05) is 43.7 Å². The van der Waals surface area contributed by atoms with Crippen LogP contribution in [0.5, 0.6) is 5.75 Å². The first kappa shape index (κ1) is 20.9. The fourth-order valence-corrected chi connectivity index (χ4v) is 3.47. The van der Waals surface area contributed by atoms with Gasteiger partial charge >= 0.3 is 0 Å². The number of amides is 2. The highest BCUT2D eigenvalue weighted by molar-refractivity contribution is 5.94. The molecule has 5 nitrogen and oxygen atoms in total. The molecule has 1 fully saturated rings. The highest BCUT2D eigenvalue weighted by atomic mass is 16.5. The molecule has 3 rings (SSSR count). The first-order valence-electron chi connectivity index (χ1n) is 10.3. The second kappa shape index (κ2) is 9.59. The number of rotatable bonds is 6. The molecule has 1 heterocycles. The molecule has 0 spiro atoms. The quantitative estimate of drug-likeness (QED) is 0.808. The average Bonchev–Trinajstić information content (AvgIpc) is 2.73. The van der Waals surface area contributed by atoms with Gasteiger partial charge in [0.05, 0.1) is 0 Å². The number of likely N-dealkylation sites (tertiary alicyclic amines) is 1. The summed E-state index contributed by atoms with van der Waals surface area (Å²) in [6, 6.07) is 15.6. The van der Waals surface area contributed by atoms with E-state index in [1.54, 1.807) is 0 Å². The minimum Gasteiger partial charge on any atom is -0.484 e. The van der Waals surface area contributed by atoms with Crippen molar-refractivity contribution < 1.29 is 14.3 Å². The van der Waals surface area contributed by atoms with E-state index in [-0.39, 0.29) is 24.5 Å². The zero-order valence-electron chi connectivity index (χ0n) is 17.5. The maximum Gasteiger partial charge on any atom is 0.258 e. The minimum atomic E-state index is -0.125. The van der Waals surface area contributed by atoms with Gasteiger partial charge in [-0.05, 0) is 55.5 Å². The lowest BCUT2D eigenvalue weighted by molar-refractivity contribution is -0.124. The monoisotopic (exact) mass is 394 g/mol. The van der Waals surface area contributed by atoms with E-state index in [1.807, 2.05) is 60.4 Å². The van der Waals surface area contributed by atoms with Crippen molar-refractivity contribution in [2.24, 2.45) is 0 Å². The summed E-state index contributed by atoms with van der Waals surface area (Å²) in [5.74, 6) is 1.08. The van der Waals surface area contributed by atoms with Crippen LogP contribution in [0.1, 0.15) is 54.1 Å². The van der Waals surface area contributed by atoms with Crippen molar-refractivity contribution in [1.29, 1.82) is 0 Å². The third-order valence-corrected chi connectivity index (χ3v) is 5.36. The zero-order chi connectivity index (χ0) is 20.8. The van der Waals surface area contributed by atoms with Crippen LogP contribution in [0.15, 0.2) is 48.5 Å². The molecule has 0 atom stereocenters. The molecule has 0 aromatic heterocycles. The van der Waals surface area contributed by atoms with E-state index in [4.69, 9.17) is 4.74 Å². The fourth-order valence-electron chi connectivity index (χ4n) is 3.47. The van der Waals surface area contributed by atoms with Crippen molar-refractivity contribution in [3.05, 3.63) is 65.2 Å². The standard InChI is InChI=1S/C24H30N2O3/c1-17(2)19-6-8-20(9-7-19)24(28)26-14-12-21(13-15-26)25-23(27)16-29-22-10-4-18(3)5-11-22/h4-11,17,21H,12-16H2,1-3H3,(H,25,27). The molecule has 29 heavy (non-hydrogen) atoms. The van der Waals surface area contributed by atoms with Crippen LogP contribution in [0.25, 0.3) is 0 Å². The Labute approximate surface area is 173 Å². The highest BCUT2D eigenvalue weighted by Gasteiger charge is 2.24. The van der Waals surface area contributed by atoms with Crippen LogP contribution in [0, 0.1) is 6.92 Å². The van der Waals surface area contributed by atoms with Crippen LogP contribution in [0.4, 0.5) is 0 Å². The van der Waals surface area contributed by atoms with Gasteiger partial charge in [-0.25, -0.2) is 0 Å². The van der Waals surface area contributed by atoms with Crippen molar-refractivity contribution in [2.75, 3.05) is 19.7 Å². The number of piperidine rings is 1. The number of carbonyl (C=O) groups is 2. The van der Waals surface area contributed by atoms with Gasteiger partial charge in [0.25, 0.3) is 11.8 Å². The fraction of sp³-hybridized carbons (Fsp3) is 0.417. The highest BCUT2D eigenvalue weighted by Crippen LogP contribution is 2.18. The number of nitrogens with zero attached hydrogens (tertiary/aromatic N) is 1. The van der Waals surface area contributed by atoms with Crippen molar-refractivity contribution in [1.82, 2.24) is 10.2 Å². The van der Waals surface area contributed by atoms with Crippen molar-refractivity contribution >= 4 is 11.8 Å². The summed E-state index contributed by atoms with van der Waals surface area (Å²) >= 11 is 0. The molecule has 1 aliphatic heterocycles. The molecule has 0 radical (unpaired) electrons. The van der Waals surface area contributed by atoms with Crippen LogP contribution in [-0.2, 0) is 4.79 Å². The third-order valence-electron chi connectivity index (χ3n) is 5.36. The molecule has 2 amide bonds. The summed E-state index contributed by atoms with van der Waals surface area (Å²) < 4.78 is 5.53. The lowest BCUT2D eigenvalue weighted by Gasteiger charge is -2.32. The Morgan fingerprint density at radius 2 is 1.66 bits per heavy atom. The largest absolute Gasteiger partial charge is 0.484 e. The molecule has 1 N–H and O–H groups in total. The molecular weight excluding hydrogens is 364 g/mol. The van der Waals surface area contributed by atoms with Crippen LogP contribution < -0.4 is 10.1 Å². The molecule has 1 saturated heterocycles. The van der Waals surface area contributed by atoms with E-state index >= 15 is 0 Å². The first-order valence-corrected chi connectivity index (χ1v) is 10.3. The lowest BCUT2D eigenvalue weighted by Crippen LogP contribution is -2.47. The Hall–Kier alpha value is -2.82. The number of carbonyl (C=O) groups excluding carboxylic acids is 2. The maximum atomic E-state index is 12.7. The molecule has 0 unspecified atom stereocenters. The van der Waals surface area contributed by atoms with Gasteiger partial charge < -0.3 is 15.0 Å². The molecule has 0 aliphatic carbocycles. The van der Waals surface area contributed by atoms with Crippen LogP contribution in [0.2, 0.25) is 0 Å². The second-order valence-electron chi connectivity index (χ2n) is 8.01. The number of hydrogen-bond acceptors (Lipinski definition) is 3. The summed E-state index contributed by atoms with van der Waals surface area (Å²) in [5.41, 5.74) is 3.11. The summed E-state index contributed by atoms with van der Waals surface area (Å²) in [6.45, 7) is 7.59. The predicted molar refractivity (Wildman–Crippen MR) is 114 cm³/mol. The number of aryl methyl sites for hydroxylation is 1. The SMILES string of the molecule is Cc1ccc(OCC(=O)NC2CCN(C(=O)c3ccc(C(C)C)cc3)CC2)cc1. The Morgan fingerprint density at radius 3 is 2.24 bits per heavy atom. The van der Waals surface area contributed by atoms with E-state index in [2.05, 4.69) is 19.2 Å². The number of hydrogen-bond donors (Lipinski definition) is 1. The third kappa shape index (κ3) is 5.83. The Kier molecular flexibility index (Phi) is 6.91. The number of benzene rings is 2. The normalized spacial score (nSPS) is 14.7. The van der Waals surface area contributed by atoms with Gasteiger partial charge in [0.2, 0.25) is 0 Å². The van der Waals surface area contributed by atoms with Gasteiger partial charge in [-0.15, -0.1) is 0 Å². The maximum absolute atomic E-state index is 12.7. The molecule has 154 valence electrons. The Bertz CT molecular complexity index is 820. The van der Waals surface area contributed by atoms with Gasteiger partial charge in [-0.2, -0.15) is 0 Å². The molecular formula is C24H30N2O3. The van der Waals surface area contributed by atoms with Gasteiger partial charge in [0.1, 0.15) is 5.75 Å². The van der Waals surface area contributed by atoms with E-state index in [1.165, 1.54) is 5.56 Å². The first-order chi connectivity index (χ1) is 13.9. The van der Waals surface area contributed by atoms with Crippen molar-refractivity contribution in [2.45, 2.75) is 45.6 Å². The minimum absolute atomic E-state index is 0.00437. The summed E-state index contributed by atoms with van der Waals surface area (Å²) in [4.78, 5) is 26.7. The number of nitrogens with one attached hydrogen (secondary N) is 1. The van der Waals surface area contributed by atoms with Gasteiger partial charge in [0.15, 0.2) is 6.61 Å². The molecule has 0 bridgehead atoms. The van der Waals surface area contributed by atoms with Crippen molar-refractivity contribution in [3.63, 3.8) is 0 Å². The molecule has 0 saturated carbocycles. The average molecular weight is 395 g/mol. The Balaban J connectivity index is 1.43. The lowest BCUT2D eigenvalue weighted by atomic mass is 10.0. The van der Waals surface area contributed by atoms with Crippen molar-refractivity contribution in [3.8, 4) is 5.75 Å².